The first kappa shape index (κ1) is 40.1. The third-order valence-corrected chi connectivity index (χ3v) is 14.7. The molecule has 1 heterocycles. The number of rotatable bonds is 19. The van der Waals surface area contributed by atoms with Crippen LogP contribution in [0.15, 0.2) is 72.8 Å². The first-order valence-electron chi connectivity index (χ1n) is 18.7. The van der Waals surface area contributed by atoms with E-state index in [1.807, 2.05) is 12.1 Å². The smallest absolute Gasteiger partial charge is 0.325 e. The van der Waals surface area contributed by atoms with Gasteiger partial charge in [-0.25, -0.2) is 0 Å². The lowest BCUT2D eigenvalue weighted by molar-refractivity contribution is -0.141. The zero-order valence-electron chi connectivity index (χ0n) is 30.5. The Labute approximate surface area is 308 Å². The van der Waals surface area contributed by atoms with Gasteiger partial charge in [0.05, 0.1) is 8.07 Å². The molecule has 3 aromatic carbocycles. The molecule has 280 valence electrons. The molecule has 52 heavy (non-hydrogen) atoms. The second-order valence-corrected chi connectivity index (χ2v) is 19.7. The van der Waals surface area contributed by atoms with Gasteiger partial charge in [0.1, 0.15) is 29.6 Å². The molecular formula is C41H55N3O7Si. The molecule has 1 saturated heterocycles. The summed E-state index contributed by atoms with van der Waals surface area (Å²) in [6.07, 6.45) is 8.56. The quantitative estimate of drug-likeness (QED) is 0.0646. The lowest BCUT2D eigenvalue weighted by atomic mass is 10.0. The molecule has 6 N–H and O–H groups in total. The number of phenolic OH excluding ortho intramolecular Hbond substituents is 2. The fourth-order valence-electron chi connectivity index (χ4n) is 6.98. The molecule has 0 saturated carbocycles. The lowest BCUT2D eigenvalue weighted by Gasteiger charge is -2.34. The Hall–Kier alpha value is -4.64. The van der Waals surface area contributed by atoms with Crippen molar-refractivity contribution < 1.29 is 34.5 Å². The van der Waals surface area contributed by atoms with Gasteiger partial charge in [0, 0.05) is 19.3 Å². The number of amides is 3. The third kappa shape index (κ3) is 13.2. The predicted octanol–water partition coefficient (Wildman–Crippen LogP) is 6.05. The van der Waals surface area contributed by atoms with Crippen LogP contribution < -0.4 is 16.0 Å². The Kier molecular flexibility index (Phi) is 15.3. The summed E-state index contributed by atoms with van der Waals surface area (Å²) in [6.45, 7) is 4.38. The van der Waals surface area contributed by atoms with Crippen LogP contribution in [0, 0.1) is 0 Å². The van der Waals surface area contributed by atoms with Gasteiger partial charge in [0.2, 0.25) is 17.7 Å². The summed E-state index contributed by atoms with van der Waals surface area (Å²) in [4.78, 5) is 53.6. The van der Waals surface area contributed by atoms with Crippen LogP contribution in [0.3, 0.4) is 0 Å². The van der Waals surface area contributed by atoms with Crippen LogP contribution in [0.5, 0.6) is 11.5 Å². The van der Waals surface area contributed by atoms with Gasteiger partial charge >= 0.3 is 5.97 Å². The number of nitrogens with one attached hydrogen (secondary N) is 3. The molecule has 4 rings (SSSR count). The molecule has 0 aliphatic carbocycles. The highest BCUT2D eigenvalue weighted by Gasteiger charge is 2.37. The number of aryl methyl sites for hydroxylation is 2. The van der Waals surface area contributed by atoms with E-state index in [-0.39, 0.29) is 36.7 Å². The number of carbonyl (C=O) groups excluding carboxylic acids is 3. The summed E-state index contributed by atoms with van der Waals surface area (Å²) >= 11 is 0. The molecule has 0 unspecified atom stereocenters. The Morgan fingerprint density at radius 3 is 1.60 bits per heavy atom. The molecule has 3 amide bonds. The van der Waals surface area contributed by atoms with Gasteiger partial charge in [-0.05, 0) is 71.8 Å². The van der Waals surface area contributed by atoms with E-state index in [9.17, 15) is 34.5 Å². The minimum Gasteiger partial charge on any atom is -0.508 e. The van der Waals surface area contributed by atoms with Crippen molar-refractivity contribution in [3.63, 3.8) is 0 Å². The zero-order valence-corrected chi connectivity index (χ0v) is 31.5. The van der Waals surface area contributed by atoms with Crippen LogP contribution in [0.25, 0.3) is 0 Å². The first-order chi connectivity index (χ1) is 24.9. The SMILES string of the molecule is CCCCCc1ccc(CCC(=O)N[C@H](Cc2ccc(O)cc2)C(=O)N[C@@H](Cc2ccc(O)cc2)C(=O)N[C@@H](C[Si]2(C)CCCCC2)C(=O)O)cc1. The van der Waals surface area contributed by atoms with E-state index in [4.69, 9.17) is 0 Å². The van der Waals surface area contributed by atoms with Gasteiger partial charge in [0.25, 0.3) is 0 Å². The highest BCUT2D eigenvalue weighted by molar-refractivity contribution is 6.79. The van der Waals surface area contributed by atoms with Crippen LogP contribution in [-0.2, 0) is 44.9 Å². The minimum atomic E-state index is -1.88. The minimum absolute atomic E-state index is 0.0349. The molecule has 0 bridgehead atoms. The predicted molar refractivity (Wildman–Crippen MR) is 205 cm³/mol. The maximum atomic E-state index is 14.0. The molecule has 0 spiro atoms. The van der Waals surface area contributed by atoms with Crippen molar-refractivity contribution >= 4 is 31.8 Å². The Bertz CT molecular complexity index is 1610. The maximum Gasteiger partial charge on any atom is 0.325 e. The number of carboxylic acid groups (broad SMARTS) is 1. The Morgan fingerprint density at radius 2 is 1.10 bits per heavy atom. The summed E-state index contributed by atoms with van der Waals surface area (Å²) in [5, 5.41) is 38.2. The monoisotopic (exact) mass is 729 g/mol. The number of aromatic hydroxyl groups is 2. The number of hydrogen-bond acceptors (Lipinski definition) is 6. The van der Waals surface area contributed by atoms with Gasteiger partial charge in [-0.1, -0.05) is 106 Å². The molecule has 3 atom stereocenters. The molecule has 1 aliphatic heterocycles. The molecule has 0 radical (unpaired) electrons. The van der Waals surface area contributed by atoms with Crippen LogP contribution in [-0.4, -0.2) is 65.2 Å². The van der Waals surface area contributed by atoms with Gasteiger partial charge in [0.15, 0.2) is 0 Å². The number of hydrogen-bond donors (Lipinski definition) is 6. The van der Waals surface area contributed by atoms with E-state index >= 15 is 0 Å². The number of carbonyl (C=O) groups is 4. The van der Waals surface area contributed by atoms with E-state index in [0.717, 1.165) is 56.2 Å². The van der Waals surface area contributed by atoms with E-state index < -0.39 is 44.0 Å². The van der Waals surface area contributed by atoms with Gasteiger partial charge in [-0.15, -0.1) is 0 Å². The second-order valence-electron chi connectivity index (χ2n) is 14.7. The fourth-order valence-corrected chi connectivity index (χ4v) is 11.1. The van der Waals surface area contributed by atoms with E-state index in [1.165, 1.54) is 36.2 Å². The molecule has 1 aliphatic rings. The lowest BCUT2D eigenvalue weighted by Crippen LogP contribution is -2.57. The normalized spacial score (nSPS) is 15.5. The van der Waals surface area contributed by atoms with Crippen LogP contribution in [0.1, 0.15) is 74.1 Å². The topological polar surface area (TPSA) is 165 Å². The van der Waals surface area contributed by atoms with Gasteiger partial charge in [-0.3, -0.25) is 19.2 Å². The van der Waals surface area contributed by atoms with E-state index in [0.29, 0.717) is 23.6 Å². The zero-order chi connectivity index (χ0) is 37.5. The van der Waals surface area contributed by atoms with Crippen LogP contribution in [0.4, 0.5) is 0 Å². The van der Waals surface area contributed by atoms with Crippen molar-refractivity contribution in [2.24, 2.45) is 0 Å². The number of aliphatic carboxylic acids is 1. The standard InChI is InChI=1S/C41H55N3O7Si/c1-3-4-6-9-29-10-12-30(13-11-29)18-23-38(47)42-35(26-31-14-19-33(45)20-15-31)39(48)43-36(27-32-16-21-34(46)22-17-32)40(49)44-37(41(50)51)28-52(2)24-7-5-8-25-52/h10-17,19-22,35-37,45-46H,3-9,18,23-28H2,1-2H3,(H,42,47)(H,43,48)(H,44,49)(H,50,51)/t35-,36+,37+/m1/s1. The number of benzene rings is 3. The third-order valence-electron chi connectivity index (χ3n) is 10.1. The largest absolute Gasteiger partial charge is 0.508 e. The molecule has 1 fully saturated rings. The van der Waals surface area contributed by atoms with Gasteiger partial charge < -0.3 is 31.3 Å². The first-order valence-corrected chi connectivity index (χ1v) is 21.8. The molecular weight excluding hydrogens is 675 g/mol. The highest BCUT2D eigenvalue weighted by atomic mass is 28.3. The summed E-state index contributed by atoms with van der Waals surface area (Å²) < 4.78 is 0. The van der Waals surface area contributed by atoms with Crippen LogP contribution in [0.2, 0.25) is 24.7 Å². The highest BCUT2D eigenvalue weighted by Crippen LogP contribution is 2.32. The Morgan fingerprint density at radius 1 is 0.635 bits per heavy atom. The summed E-state index contributed by atoms with van der Waals surface area (Å²) in [6, 6.07) is 20.0. The van der Waals surface area contributed by atoms with Gasteiger partial charge in [-0.2, -0.15) is 0 Å². The summed E-state index contributed by atoms with van der Waals surface area (Å²) in [5.41, 5.74) is 3.61. The summed E-state index contributed by atoms with van der Waals surface area (Å²) in [7, 11) is -1.88. The Balaban J connectivity index is 1.49. The average molecular weight is 730 g/mol. The molecule has 3 aromatic rings. The number of unbranched alkanes of at least 4 members (excludes halogenated alkanes) is 2. The van der Waals surface area contributed by atoms with E-state index in [1.54, 1.807) is 24.3 Å². The fraction of sp³-hybridized carbons (Fsp3) is 0.463. The van der Waals surface area contributed by atoms with Crippen LogP contribution >= 0.6 is 0 Å². The number of carboxylic acids is 1. The van der Waals surface area contributed by atoms with Crippen molar-refractivity contribution in [3.05, 3.63) is 95.1 Å². The van der Waals surface area contributed by atoms with Crippen molar-refractivity contribution in [2.75, 3.05) is 0 Å². The van der Waals surface area contributed by atoms with E-state index in [2.05, 4.69) is 41.6 Å². The molecule has 0 aromatic heterocycles. The van der Waals surface area contributed by atoms with Crippen molar-refractivity contribution in [1.29, 1.82) is 0 Å². The molecule has 10 nitrogen and oxygen atoms in total. The maximum absolute atomic E-state index is 14.0. The summed E-state index contributed by atoms with van der Waals surface area (Å²) in [5.74, 6) is -2.56. The number of phenols is 2. The van der Waals surface area contributed by atoms with Crippen molar-refractivity contribution in [2.45, 2.75) is 120 Å². The second kappa shape index (κ2) is 19.8. The van der Waals surface area contributed by atoms with Crippen molar-refractivity contribution in [1.82, 2.24) is 16.0 Å². The molecule has 11 heteroatoms. The average Bonchev–Trinajstić information content (AvgIpc) is 3.12. The van der Waals surface area contributed by atoms with Crippen molar-refractivity contribution in [3.8, 4) is 11.5 Å².